The lowest BCUT2D eigenvalue weighted by atomic mass is 9.74. The maximum absolute atomic E-state index is 13.8. The van der Waals surface area contributed by atoms with E-state index in [0.29, 0.717) is 59.0 Å². The first kappa shape index (κ1) is 28.3. The number of nitrogens with zero attached hydrogens (tertiary/aromatic N) is 2. The average Bonchev–Trinajstić information content (AvgIpc) is 2.94. The molecule has 3 aromatic rings. The fourth-order valence-corrected chi connectivity index (χ4v) is 5.44. The zero-order valence-corrected chi connectivity index (χ0v) is 21.5. The summed E-state index contributed by atoms with van der Waals surface area (Å²) in [6, 6.07) is 7.38. The molecule has 5 nitrogen and oxygen atoms in total. The van der Waals surface area contributed by atoms with Crippen LogP contribution in [0.2, 0.25) is 0 Å². The summed E-state index contributed by atoms with van der Waals surface area (Å²) in [6.07, 6.45) is 4.05. The zero-order valence-electron chi connectivity index (χ0n) is 21.5. The van der Waals surface area contributed by atoms with Crippen molar-refractivity contribution < 1.29 is 32.5 Å². The van der Waals surface area contributed by atoms with Crippen LogP contribution in [0.4, 0.5) is 17.6 Å². The predicted molar refractivity (Wildman–Crippen MR) is 137 cm³/mol. The van der Waals surface area contributed by atoms with Gasteiger partial charge in [0.25, 0.3) is 0 Å². The molecule has 0 amide bonds. The van der Waals surface area contributed by atoms with Crippen LogP contribution in [0.3, 0.4) is 0 Å². The summed E-state index contributed by atoms with van der Waals surface area (Å²) in [7, 11) is 1.55. The van der Waals surface area contributed by atoms with Crippen LogP contribution in [0.5, 0.6) is 5.75 Å². The largest absolute Gasteiger partial charge is 0.497 e. The van der Waals surface area contributed by atoms with Crippen molar-refractivity contribution in [2.45, 2.75) is 51.3 Å². The minimum absolute atomic E-state index is 0.0113. The van der Waals surface area contributed by atoms with Crippen LogP contribution in [-0.4, -0.2) is 53.4 Å². The highest BCUT2D eigenvalue weighted by Crippen LogP contribution is 2.40. The SMILES string of the molecule is COc1ccc2ncc(CF)c([C@@H](O)CCC3(CO)CCN(CCCc4cc(F)c(F)c(F)c4)CC3)c2c1. The van der Waals surface area contributed by atoms with Gasteiger partial charge in [0.15, 0.2) is 17.5 Å². The number of rotatable bonds is 11. The molecule has 206 valence electrons. The summed E-state index contributed by atoms with van der Waals surface area (Å²) in [4.78, 5) is 6.55. The first-order valence-electron chi connectivity index (χ1n) is 13.0. The third-order valence-corrected chi connectivity index (χ3v) is 7.86. The quantitative estimate of drug-likeness (QED) is 0.246. The standard InChI is InChI=1S/C29H34F4N2O3/c1-38-21-4-5-25-22(15-21)27(20(16-30)17-34-25)26(37)6-7-29(18-36)8-11-35(12-9-29)10-2-3-19-13-23(31)28(33)24(32)14-19/h4-5,13-15,17,26,36-37H,2-3,6-12,16,18H2,1H3/t26-/m0/s1. The molecule has 1 atom stereocenters. The number of aryl methyl sites for hydroxylation is 1. The number of pyridine rings is 1. The molecule has 1 saturated heterocycles. The van der Waals surface area contributed by atoms with Gasteiger partial charge in [0.2, 0.25) is 0 Å². The highest BCUT2D eigenvalue weighted by Gasteiger charge is 2.34. The summed E-state index contributed by atoms with van der Waals surface area (Å²) in [5, 5.41) is 22.1. The minimum atomic E-state index is -1.45. The Balaban J connectivity index is 1.34. The van der Waals surface area contributed by atoms with Gasteiger partial charge in [-0.2, -0.15) is 0 Å². The number of fused-ring (bicyclic) bond motifs is 1. The average molecular weight is 535 g/mol. The number of aromatic nitrogens is 1. The lowest BCUT2D eigenvalue weighted by Crippen LogP contribution is -2.42. The molecule has 0 bridgehead atoms. The Kier molecular flexibility index (Phi) is 9.23. The Morgan fingerprint density at radius 1 is 1.11 bits per heavy atom. The zero-order chi connectivity index (χ0) is 27.3. The van der Waals surface area contributed by atoms with Gasteiger partial charge in [-0.3, -0.25) is 4.98 Å². The summed E-state index contributed by atoms with van der Waals surface area (Å²) >= 11 is 0. The Morgan fingerprint density at radius 2 is 1.82 bits per heavy atom. The van der Waals surface area contributed by atoms with Crippen LogP contribution in [0.25, 0.3) is 10.9 Å². The molecule has 2 heterocycles. The second-order valence-electron chi connectivity index (χ2n) is 10.2. The fourth-order valence-electron chi connectivity index (χ4n) is 5.44. The second kappa shape index (κ2) is 12.4. The van der Waals surface area contributed by atoms with E-state index in [1.54, 1.807) is 25.3 Å². The molecule has 4 rings (SSSR count). The van der Waals surface area contributed by atoms with Crippen LogP contribution in [0.15, 0.2) is 36.5 Å². The molecule has 2 aromatic carbocycles. The molecule has 0 unspecified atom stereocenters. The number of aliphatic hydroxyl groups is 2. The molecular weight excluding hydrogens is 500 g/mol. The molecule has 2 N–H and O–H groups in total. The third kappa shape index (κ3) is 6.27. The minimum Gasteiger partial charge on any atom is -0.497 e. The van der Waals surface area contributed by atoms with Crippen molar-refractivity contribution in [3.8, 4) is 5.75 Å². The lowest BCUT2D eigenvalue weighted by molar-refractivity contribution is 0.0233. The van der Waals surface area contributed by atoms with Gasteiger partial charge in [0, 0.05) is 23.8 Å². The van der Waals surface area contributed by atoms with Crippen molar-refractivity contribution in [2.24, 2.45) is 5.41 Å². The Bertz CT molecular complexity index is 1220. The number of halogens is 4. The van der Waals surface area contributed by atoms with Gasteiger partial charge in [-0.1, -0.05) is 0 Å². The van der Waals surface area contributed by atoms with Gasteiger partial charge < -0.3 is 19.8 Å². The van der Waals surface area contributed by atoms with Crippen molar-refractivity contribution in [3.05, 3.63) is 70.7 Å². The Morgan fingerprint density at radius 3 is 2.45 bits per heavy atom. The van der Waals surface area contributed by atoms with E-state index in [1.165, 1.54) is 6.20 Å². The van der Waals surface area contributed by atoms with Gasteiger partial charge >= 0.3 is 0 Å². The van der Waals surface area contributed by atoms with E-state index in [2.05, 4.69) is 9.88 Å². The van der Waals surface area contributed by atoms with Crippen molar-refractivity contribution in [2.75, 3.05) is 33.4 Å². The maximum Gasteiger partial charge on any atom is 0.194 e. The van der Waals surface area contributed by atoms with E-state index >= 15 is 0 Å². The van der Waals surface area contributed by atoms with Gasteiger partial charge in [-0.25, -0.2) is 17.6 Å². The van der Waals surface area contributed by atoms with Crippen LogP contribution in [0.1, 0.15) is 54.9 Å². The highest BCUT2D eigenvalue weighted by molar-refractivity contribution is 5.85. The molecule has 0 spiro atoms. The molecular formula is C29H34F4N2O3. The number of aliphatic hydroxyl groups excluding tert-OH is 2. The first-order valence-corrected chi connectivity index (χ1v) is 13.0. The van der Waals surface area contributed by atoms with Crippen molar-refractivity contribution in [1.82, 2.24) is 9.88 Å². The van der Waals surface area contributed by atoms with Crippen LogP contribution in [0, 0.1) is 22.9 Å². The van der Waals surface area contributed by atoms with E-state index in [0.717, 1.165) is 44.6 Å². The fraction of sp³-hybridized carbons (Fsp3) is 0.483. The molecule has 0 aliphatic carbocycles. The van der Waals surface area contributed by atoms with Crippen LogP contribution in [-0.2, 0) is 13.1 Å². The smallest absolute Gasteiger partial charge is 0.194 e. The number of benzene rings is 2. The summed E-state index contributed by atoms with van der Waals surface area (Å²) < 4.78 is 59.2. The third-order valence-electron chi connectivity index (χ3n) is 7.86. The van der Waals surface area contributed by atoms with E-state index in [4.69, 9.17) is 4.74 Å². The van der Waals surface area contributed by atoms with Gasteiger partial charge in [0.05, 0.1) is 18.7 Å². The van der Waals surface area contributed by atoms with Gasteiger partial charge in [-0.15, -0.1) is 0 Å². The molecule has 1 fully saturated rings. The maximum atomic E-state index is 13.8. The monoisotopic (exact) mass is 534 g/mol. The highest BCUT2D eigenvalue weighted by atomic mass is 19.2. The van der Waals surface area contributed by atoms with Crippen molar-refractivity contribution >= 4 is 10.9 Å². The number of hydrogen-bond acceptors (Lipinski definition) is 5. The van der Waals surface area contributed by atoms with Crippen LogP contribution >= 0.6 is 0 Å². The molecule has 1 aromatic heterocycles. The van der Waals surface area contributed by atoms with Crippen LogP contribution < -0.4 is 4.74 Å². The topological polar surface area (TPSA) is 65.8 Å². The Hall–Kier alpha value is -2.75. The first-order chi connectivity index (χ1) is 18.3. The van der Waals surface area contributed by atoms with E-state index < -0.39 is 30.2 Å². The molecule has 38 heavy (non-hydrogen) atoms. The van der Waals surface area contributed by atoms with Crippen molar-refractivity contribution in [3.63, 3.8) is 0 Å². The normalized spacial score (nSPS) is 16.6. The molecule has 9 heteroatoms. The summed E-state index contributed by atoms with van der Waals surface area (Å²) in [6.45, 7) is 1.45. The molecule has 1 aliphatic rings. The number of alkyl halides is 1. The summed E-state index contributed by atoms with van der Waals surface area (Å²) in [5.74, 6) is -3.21. The second-order valence-corrected chi connectivity index (χ2v) is 10.2. The van der Waals surface area contributed by atoms with Crippen molar-refractivity contribution in [1.29, 1.82) is 0 Å². The number of piperidine rings is 1. The lowest BCUT2D eigenvalue weighted by Gasteiger charge is -2.41. The van der Waals surface area contributed by atoms with Gasteiger partial charge in [-0.05, 0) is 105 Å². The Labute approximate surface area is 220 Å². The summed E-state index contributed by atoms with van der Waals surface area (Å²) in [5.41, 5.74) is 1.57. The number of ether oxygens (including phenoxy) is 1. The molecule has 0 saturated carbocycles. The van der Waals surface area contributed by atoms with E-state index in [1.807, 2.05) is 0 Å². The van der Waals surface area contributed by atoms with Gasteiger partial charge in [0.1, 0.15) is 12.4 Å². The number of likely N-dealkylation sites (tertiary alicyclic amines) is 1. The van der Waals surface area contributed by atoms with E-state index in [9.17, 15) is 27.8 Å². The molecule has 0 radical (unpaired) electrons. The van der Waals surface area contributed by atoms with E-state index in [-0.39, 0.29) is 12.0 Å². The number of methoxy groups -OCH3 is 1. The number of hydrogen-bond donors (Lipinski definition) is 2. The predicted octanol–water partition coefficient (Wildman–Crippen LogP) is 5.65. The molecule has 1 aliphatic heterocycles.